The first-order chi connectivity index (χ1) is 12.3. The van der Waals surface area contributed by atoms with Gasteiger partial charge in [-0.3, -0.25) is 4.90 Å². The molecule has 1 aliphatic rings. The lowest BCUT2D eigenvalue weighted by Crippen LogP contribution is -2.25. The van der Waals surface area contributed by atoms with Crippen LogP contribution >= 0.6 is 11.6 Å². The zero-order valence-corrected chi connectivity index (χ0v) is 14.9. The molecule has 126 valence electrons. The van der Waals surface area contributed by atoms with E-state index in [-0.39, 0.29) is 11.4 Å². The van der Waals surface area contributed by atoms with Gasteiger partial charge in [-0.05, 0) is 16.7 Å². The van der Waals surface area contributed by atoms with Gasteiger partial charge in [-0.2, -0.15) is 0 Å². The molecule has 1 fully saturated rings. The Labute approximate surface area is 154 Å². The second-order valence-electron chi connectivity index (χ2n) is 6.73. The van der Waals surface area contributed by atoms with E-state index in [9.17, 15) is 0 Å². The van der Waals surface area contributed by atoms with Crippen LogP contribution in [0.1, 0.15) is 28.7 Å². The van der Waals surface area contributed by atoms with Crippen LogP contribution in [0.25, 0.3) is 0 Å². The number of hydrogen-bond acceptors (Lipinski definition) is 1. The standard InChI is InChI=1S/C23H22ClN/c24-22-21(19-12-6-2-7-13-19)17-25(16-18-10-4-1-5-11-18)23(22)20-14-8-3-9-15-20/h1-15,21-23H,16-17H2/t21-,22-,23+/m0/s1. The van der Waals surface area contributed by atoms with Crippen molar-refractivity contribution in [2.45, 2.75) is 23.9 Å². The minimum Gasteiger partial charge on any atom is -0.290 e. The Bertz CT molecular complexity index is 788. The maximum Gasteiger partial charge on any atom is 0.0613 e. The Balaban J connectivity index is 1.67. The van der Waals surface area contributed by atoms with Gasteiger partial charge in [0.05, 0.1) is 11.4 Å². The largest absolute Gasteiger partial charge is 0.290 e. The van der Waals surface area contributed by atoms with Gasteiger partial charge in [0.1, 0.15) is 0 Å². The summed E-state index contributed by atoms with van der Waals surface area (Å²) in [5.74, 6) is 0.344. The predicted molar refractivity (Wildman–Crippen MR) is 105 cm³/mol. The SMILES string of the molecule is Cl[C@@H]1[C@@H](c2ccccc2)N(Cc2ccccc2)C[C@H]1c1ccccc1. The van der Waals surface area contributed by atoms with Crippen LogP contribution in [0.15, 0.2) is 91.0 Å². The Kier molecular flexibility index (Phi) is 4.87. The van der Waals surface area contributed by atoms with Gasteiger partial charge < -0.3 is 0 Å². The fourth-order valence-electron chi connectivity index (χ4n) is 3.90. The van der Waals surface area contributed by atoms with Crippen LogP contribution < -0.4 is 0 Å². The lowest BCUT2D eigenvalue weighted by molar-refractivity contribution is 0.248. The van der Waals surface area contributed by atoms with Crippen molar-refractivity contribution < 1.29 is 0 Å². The van der Waals surface area contributed by atoms with Crippen LogP contribution in [0.5, 0.6) is 0 Å². The summed E-state index contributed by atoms with van der Waals surface area (Å²) in [7, 11) is 0. The number of rotatable bonds is 4. The average Bonchev–Trinajstić information content (AvgIpc) is 3.00. The highest BCUT2D eigenvalue weighted by Gasteiger charge is 2.41. The van der Waals surface area contributed by atoms with Gasteiger partial charge in [0.25, 0.3) is 0 Å². The Morgan fingerprint density at radius 3 is 1.84 bits per heavy atom. The van der Waals surface area contributed by atoms with Crippen LogP contribution in [-0.2, 0) is 6.54 Å². The lowest BCUT2D eigenvalue weighted by Gasteiger charge is -2.26. The Morgan fingerprint density at radius 1 is 0.720 bits per heavy atom. The van der Waals surface area contributed by atoms with Gasteiger partial charge in [-0.15, -0.1) is 11.6 Å². The molecule has 0 aromatic heterocycles. The third kappa shape index (κ3) is 3.49. The molecule has 0 N–H and O–H groups in total. The summed E-state index contributed by atoms with van der Waals surface area (Å²) in [6.07, 6.45) is 0. The smallest absolute Gasteiger partial charge is 0.0613 e. The lowest BCUT2D eigenvalue weighted by atomic mass is 9.93. The minimum absolute atomic E-state index is 0.0634. The van der Waals surface area contributed by atoms with Crippen LogP contribution in [0.4, 0.5) is 0 Å². The van der Waals surface area contributed by atoms with Crippen molar-refractivity contribution >= 4 is 11.6 Å². The van der Waals surface area contributed by atoms with E-state index in [0.717, 1.165) is 13.1 Å². The van der Waals surface area contributed by atoms with Crippen molar-refractivity contribution in [3.8, 4) is 0 Å². The van der Waals surface area contributed by atoms with Gasteiger partial charge >= 0.3 is 0 Å². The molecule has 1 heterocycles. The van der Waals surface area contributed by atoms with Crippen molar-refractivity contribution in [2.75, 3.05) is 6.54 Å². The molecule has 0 radical (unpaired) electrons. The number of likely N-dealkylation sites (tertiary alicyclic amines) is 1. The van der Waals surface area contributed by atoms with E-state index >= 15 is 0 Å². The normalized spacial score (nSPS) is 23.6. The number of nitrogens with zero attached hydrogens (tertiary/aromatic N) is 1. The quantitative estimate of drug-likeness (QED) is 0.552. The van der Waals surface area contributed by atoms with Crippen LogP contribution in [0, 0.1) is 0 Å². The maximum atomic E-state index is 7.03. The molecule has 0 amide bonds. The summed E-state index contributed by atoms with van der Waals surface area (Å²) in [6, 6.07) is 32.3. The molecular weight excluding hydrogens is 326 g/mol. The first kappa shape index (κ1) is 16.4. The molecule has 25 heavy (non-hydrogen) atoms. The zero-order valence-electron chi connectivity index (χ0n) is 14.1. The molecule has 0 saturated carbocycles. The Hall–Kier alpha value is -2.09. The van der Waals surface area contributed by atoms with Gasteiger partial charge in [0, 0.05) is 19.0 Å². The zero-order chi connectivity index (χ0) is 17.1. The highest BCUT2D eigenvalue weighted by molar-refractivity contribution is 6.22. The molecule has 3 atom stereocenters. The molecule has 4 rings (SSSR count). The first-order valence-electron chi connectivity index (χ1n) is 8.85. The molecule has 1 saturated heterocycles. The summed E-state index contributed by atoms with van der Waals surface area (Å²) in [5.41, 5.74) is 3.97. The van der Waals surface area contributed by atoms with Gasteiger partial charge in [0.15, 0.2) is 0 Å². The highest BCUT2D eigenvalue weighted by atomic mass is 35.5. The van der Waals surface area contributed by atoms with Crippen molar-refractivity contribution in [3.05, 3.63) is 108 Å². The average molecular weight is 348 g/mol. The molecule has 3 aromatic carbocycles. The molecule has 0 aliphatic carbocycles. The van der Waals surface area contributed by atoms with Crippen LogP contribution in [0.3, 0.4) is 0 Å². The summed E-state index contributed by atoms with van der Waals surface area (Å²) < 4.78 is 0. The van der Waals surface area contributed by atoms with E-state index in [0.29, 0.717) is 5.92 Å². The van der Waals surface area contributed by atoms with E-state index < -0.39 is 0 Å². The number of hydrogen-bond donors (Lipinski definition) is 0. The fourth-order valence-corrected chi connectivity index (χ4v) is 4.43. The molecular formula is C23H22ClN. The van der Waals surface area contributed by atoms with Crippen molar-refractivity contribution in [3.63, 3.8) is 0 Å². The molecule has 0 spiro atoms. The van der Waals surface area contributed by atoms with E-state index in [1.165, 1.54) is 16.7 Å². The number of halogens is 1. The van der Waals surface area contributed by atoms with Crippen molar-refractivity contribution in [1.29, 1.82) is 0 Å². The van der Waals surface area contributed by atoms with Crippen molar-refractivity contribution in [1.82, 2.24) is 4.90 Å². The monoisotopic (exact) mass is 347 g/mol. The third-order valence-electron chi connectivity index (χ3n) is 5.11. The van der Waals surface area contributed by atoms with E-state index in [4.69, 9.17) is 11.6 Å². The van der Waals surface area contributed by atoms with E-state index in [1.54, 1.807) is 0 Å². The van der Waals surface area contributed by atoms with Crippen LogP contribution in [-0.4, -0.2) is 16.8 Å². The topological polar surface area (TPSA) is 3.24 Å². The molecule has 0 unspecified atom stereocenters. The second kappa shape index (κ2) is 7.43. The summed E-state index contributed by atoms with van der Waals surface area (Å²) >= 11 is 7.03. The molecule has 3 aromatic rings. The summed E-state index contributed by atoms with van der Waals surface area (Å²) in [6.45, 7) is 1.90. The van der Waals surface area contributed by atoms with Gasteiger partial charge in [-0.1, -0.05) is 91.0 Å². The van der Waals surface area contributed by atoms with Gasteiger partial charge in [-0.25, -0.2) is 0 Å². The summed E-state index contributed by atoms with van der Waals surface area (Å²) in [4.78, 5) is 2.53. The molecule has 1 aliphatic heterocycles. The van der Waals surface area contributed by atoms with Crippen LogP contribution in [0.2, 0.25) is 0 Å². The molecule has 2 heteroatoms. The van der Waals surface area contributed by atoms with Gasteiger partial charge in [0.2, 0.25) is 0 Å². The minimum atomic E-state index is 0.0634. The number of alkyl halides is 1. The third-order valence-corrected chi connectivity index (χ3v) is 5.65. The first-order valence-corrected chi connectivity index (χ1v) is 9.28. The van der Waals surface area contributed by atoms with E-state index in [2.05, 4.69) is 95.9 Å². The van der Waals surface area contributed by atoms with Crippen molar-refractivity contribution in [2.24, 2.45) is 0 Å². The Morgan fingerprint density at radius 2 is 1.24 bits per heavy atom. The summed E-state index contributed by atoms with van der Waals surface area (Å²) in [5, 5.41) is 0.0634. The van der Waals surface area contributed by atoms with E-state index in [1.807, 2.05) is 0 Å². The number of benzene rings is 3. The predicted octanol–water partition coefficient (Wildman–Crippen LogP) is 5.63. The second-order valence-corrected chi connectivity index (χ2v) is 7.24. The maximum absolute atomic E-state index is 7.03. The highest BCUT2D eigenvalue weighted by Crippen LogP contribution is 2.44. The fraction of sp³-hybridized carbons (Fsp3) is 0.217. The molecule has 0 bridgehead atoms. The molecule has 1 nitrogen and oxygen atoms in total.